The summed E-state index contributed by atoms with van der Waals surface area (Å²) in [5.41, 5.74) is 5.41. The Bertz CT molecular complexity index is 885. The monoisotopic (exact) mass is 375 g/mol. The van der Waals surface area contributed by atoms with E-state index in [1.54, 1.807) is 12.1 Å². The van der Waals surface area contributed by atoms with Crippen LogP contribution in [0.25, 0.3) is 11.3 Å². The van der Waals surface area contributed by atoms with E-state index in [0.29, 0.717) is 10.7 Å². The highest BCUT2D eigenvalue weighted by molar-refractivity contribution is 7.14. The molecule has 0 spiro atoms. The number of ether oxygens (including phenoxy) is 2. The number of rotatable bonds is 7. The number of anilines is 1. The van der Waals surface area contributed by atoms with E-state index in [4.69, 9.17) is 4.74 Å². The molecular formula is C18H15F2N3O2S. The summed E-state index contributed by atoms with van der Waals surface area (Å²) in [5, 5.41) is 6.69. The summed E-state index contributed by atoms with van der Waals surface area (Å²) in [6.07, 6.45) is 1.54. The van der Waals surface area contributed by atoms with Crippen LogP contribution >= 0.6 is 11.3 Å². The van der Waals surface area contributed by atoms with Gasteiger partial charge in [0.1, 0.15) is 0 Å². The van der Waals surface area contributed by atoms with Crippen molar-refractivity contribution in [2.24, 2.45) is 5.10 Å². The zero-order valence-electron chi connectivity index (χ0n) is 13.7. The molecule has 0 amide bonds. The molecule has 0 bridgehead atoms. The average Bonchev–Trinajstić information content (AvgIpc) is 3.12. The van der Waals surface area contributed by atoms with E-state index in [9.17, 15) is 8.78 Å². The Morgan fingerprint density at radius 1 is 1.15 bits per heavy atom. The van der Waals surface area contributed by atoms with Gasteiger partial charge in [-0.3, -0.25) is 5.43 Å². The Morgan fingerprint density at radius 2 is 1.96 bits per heavy atom. The van der Waals surface area contributed by atoms with Crippen molar-refractivity contribution >= 4 is 22.7 Å². The fourth-order valence-corrected chi connectivity index (χ4v) is 2.85. The van der Waals surface area contributed by atoms with Gasteiger partial charge in [-0.15, -0.1) is 11.3 Å². The summed E-state index contributed by atoms with van der Waals surface area (Å²) in [6.45, 7) is -2.91. The molecule has 5 nitrogen and oxygen atoms in total. The molecule has 0 saturated carbocycles. The fourth-order valence-electron chi connectivity index (χ4n) is 2.19. The Labute approximate surface area is 152 Å². The largest absolute Gasteiger partial charge is 0.493 e. The van der Waals surface area contributed by atoms with Crippen molar-refractivity contribution < 1.29 is 18.3 Å². The number of halogens is 2. The first-order chi connectivity index (χ1) is 12.7. The number of nitrogens with one attached hydrogen (secondary N) is 1. The zero-order valence-corrected chi connectivity index (χ0v) is 14.5. The van der Waals surface area contributed by atoms with Crippen LogP contribution in [0.4, 0.5) is 13.9 Å². The number of alkyl halides is 2. The highest BCUT2D eigenvalue weighted by atomic mass is 32.1. The lowest BCUT2D eigenvalue weighted by Gasteiger charge is -2.09. The lowest BCUT2D eigenvalue weighted by atomic mass is 10.2. The predicted octanol–water partition coefficient (Wildman–Crippen LogP) is 4.87. The minimum Gasteiger partial charge on any atom is -0.493 e. The summed E-state index contributed by atoms with van der Waals surface area (Å²) in [7, 11) is 1.38. The second-order valence-electron chi connectivity index (χ2n) is 5.06. The molecule has 0 aliphatic rings. The van der Waals surface area contributed by atoms with Crippen LogP contribution in [-0.4, -0.2) is 24.9 Å². The zero-order chi connectivity index (χ0) is 18.4. The maximum atomic E-state index is 12.3. The van der Waals surface area contributed by atoms with Gasteiger partial charge < -0.3 is 9.47 Å². The third kappa shape index (κ3) is 4.54. The van der Waals surface area contributed by atoms with Gasteiger partial charge in [-0.2, -0.15) is 13.9 Å². The van der Waals surface area contributed by atoms with Crippen LogP contribution in [0.2, 0.25) is 0 Å². The first-order valence-corrected chi connectivity index (χ1v) is 8.46. The van der Waals surface area contributed by atoms with Gasteiger partial charge in [0, 0.05) is 10.9 Å². The van der Waals surface area contributed by atoms with E-state index in [-0.39, 0.29) is 11.5 Å². The average molecular weight is 375 g/mol. The normalized spacial score (nSPS) is 11.1. The first-order valence-electron chi connectivity index (χ1n) is 7.58. The quantitative estimate of drug-likeness (QED) is 0.473. The first kappa shape index (κ1) is 17.8. The van der Waals surface area contributed by atoms with E-state index in [0.717, 1.165) is 11.3 Å². The van der Waals surface area contributed by atoms with Gasteiger partial charge in [-0.05, 0) is 23.8 Å². The third-order valence-corrected chi connectivity index (χ3v) is 4.10. The summed E-state index contributed by atoms with van der Waals surface area (Å²) in [4.78, 5) is 4.46. The molecule has 1 N–H and O–H groups in total. The van der Waals surface area contributed by atoms with Crippen LogP contribution in [0.3, 0.4) is 0 Å². The number of nitrogens with zero attached hydrogens (tertiary/aromatic N) is 2. The Hall–Kier alpha value is -3.00. The van der Waals surface area contributed by atoms with Crippen molar-refractivity contribution in [1.82, 2.24) is 4.98 Å². The molecule has 134 valence electrons. The molecule has 0 fully saturated rings. The van der Waals surface area contributed by atoms with Gasteiger partial charge in [-0.1, -0.05) is 30.3 Å². The molecule has 0 atom stereocenters. The molecule has 3 aromatic rings. The maximum Gasteiger partial charge on any atom is 0.387 e. The van der Waals surface area contributed by atoms with Crippen molar-refractivity contribution in [2.45, 2.75) is 6.61 Å². The fraction of sp³-hybridized carbons (Fsp3) is 0.111. The number of thiazole rings is 1. The smallest absolute Gasteiger partial charge is 0.387 e. The van der Waals surface area contributed by atoms with Crippen molar-refractivity contribution in [3.05, 3.63) is 59.5 Å². The lowest BCUT2D eigenvalue weighted by molar-refractivity contribution is -0.0512. The maximum absolute atomic E-state index is 12.3. The van der Waals surface area contributed by atoms with Crippen molar-refractivity contribution in [2.75, 3.05) is 12.5 Å². The highest BCUT2D eigenvalue weighted by Gasteiger charge is 2.10. The highest BCUT2D eigenvalue weighted by Crippen LogP contribution is 2.29. The van der Waals surface area contributed by atoms with E-state index in [1.165, 1.54) is 30.7 Å². The van der Waals surface area contributed by atoms with Gasteiger partial charge in [0.05, 0.1) is 19.0 Å². The van der Waals surface area contributed by atoms with Gasteiger partial charge in [-0.25, -0.2) is 4.98 Å². The SMILES string of the molecule is COc1cc(C=NNc2nc(-c3ccccc3)cs2)ccc1OC(F)F. The topological polar surface area (TPSA) is 55.7 Å². The van der Waals surface area contributed by atoms with Gasteiger partial charge in [0.15, 0.2) is 11.5 Å². The van der Waals surface area contributed by atoms with Crippen LogP contribution in [0.5, 0.6) is 11.5 Å². The summed E-state index contributed by atoms with van der Waals surface area (Å²) >= 11 is 1.43. The molecule has 0 radical (unpaired) electrons. The van der Waals surface area contributed by atoms with Gasteiger partial charge in [0.25, 0.3) is 0 Å². The summed E-state index contributed by atoms with van der Waals surface area (Å²) < 4.78 is 34.1. The Kier molecular flexibility index (Phi) is 5.75. The second kappa shape index (κ2) is 8.39. The number of hydrogen-bond donors (Lipinski definition) is 1. The minimum absolute atomic E-state index is 0.0277. The van der Waals surface area contributed by atoms with Crippen LogP contribution in [0.15, 0.2) is 59.0 Å². The molecule has 1 aromatic heterocycles. The number of hydrazone groups is 1. The molecule has 8 heteroatoms. The molecular weight excluding hydrogens is 360 g/mol. The Morgan fingerprint density at radius 3 is 2.69 bits per heavy atom. The molecule has 3 rings (SSSR count). The number of aromatic nitrogens is 1. The molecule has 0 aliphatic heterocycles. The van der Waals surface area contributed by atoms with Crippen LogP contribution in [-0.2, 0) is 0 Å². The number of hydrogen-bond acceptors (Lipinski definition) is 6. The van der Waals surface area contributed by atoms with Crippen LogP contribution in [0, 0.1) is 0 Å². The van der Waals surface area contributed by atoms with Crippen LogP contribution < -0.4 is 14.9 Å². The third-order valence-electron chi connectivity index (χ3n) is 3.35. The summed E-state index contributed by atoms with van der Waals surface area (Å²) in [6, 6.07) is 14.4. The molecule has 0 aliphatic carbocycles. The molecule has 0 saturated heterocycles. The Balaban J connectivity index is 1.66. The van der Waals surface area contributed by atoms with E-state index < -0.39 is 6.61 Å². The molecule has 2 aromatic carbocycles. The van der Waals surface area contributed by atoms with Crippen LogP contribution in [0.1, 0.15) is 5.56 Å². The second-order valence-corrected chi connectivity index (χ2v) is 5.92. The van der Waals surface area contributed by atoms with Crippen molar-refractivity contribution in [1.29, 1.82) is 0 Å². The van der Waals surface area contributed by atoms with E-state index >= 15 is 0 Å². The standard InChI is InChI=1S/C18H15F2N3O2S/c1-24-16-9-12(7-8-15(16)25-17(19)20)10-21-23-18-22-14(11-26-18)13-5-3-2-4-6-13/h2-11,17H,1H3,(H,22,23). The van der Waals surface area contributed by atoms with E-state index in [1.807, 2.05) is 35.7 Å². The van der Waals surface area contributed by atoms with Gasteiger partial charge >= 0.3 is 6.61 Å². The molecule has 26 heavy (non-hydrogen) atoms. The summed E-state index contributed by atoms with van der Waals surface area (Å²) in [5.74, 6) is 0.176. The molecule has 0 unspecified atom stereocenters. The minimum atomic E-state index is -2.91. The van der Waals surface area contributed by atoms with E-state index in [2.05, 4.69) is 20.2 Å². The van der Waals surface area contributed by atoms with Crippen molar-refractivity contribution in [3.8, 4) is 22.8 Å². The molecule has 1 heterocycles. The lowest BCUT2D eigenvalue weighted by Crippen LogP contribution is -2.03. The number of methoxy groups -OCH3 is 1. The van der Waals surface area contributed by atoms with Crippen molar-refractivity contribution in [3.63, 3.8) is 0 Å². The predicted molar refractivity (Wildman–Crippen MR) is 98.4 cm³/mol. The van der Waals surface area contributed by atoms with Gasteiger partial charge in [0.2, 0.25) is 5.13 Å². The number of benzene rings is 2.